The van der Waals surface area contributed by atoms with Crippen molar-refractivity contribution in [1.29, 1.82) is 0 Å². The lowest BCUT2D eigenvalue weighted by atomic mass is 9.97. The second kappa shape index (κ2) is 9.37. The van der Waals surface area contributed by atoms with Crippen molar-refractivity contribution in [3.63, 3.8) is 0 Å². The molecule has 6 heteroatoms. The first-order valence-electron chi connectivity index (χ1n) is 12.4. The molecule has 2 N–H and O–H groups in total. The van der Waals surface area contributed by atoms with Gasteiger partial charge in [-0.2, -0.15) is 10.1 Å². The van der Waals surface area contributed by atoms with Crippen molar-refractivity contribution < 1.29 is 9.84 Å². The average molecular weight is 465 g/mol. The van der Waals surface area contributed by atoms with E-state index in [0.29, 0.717) is 12.3 Å². The van der Waals surface area contributed by atoms with Crippen LogP contribution in [-0.2, 0) is 12.8 Å². The van der Waals surface area contributed by atoms with Crippen LogP contribution >= 0.6 is 0 Å². The van der Waals surface area contributed by atoms with Gasteiger partial charge in [0.1, 0.15) is 17.7 Å². The third-order valence-corrected chi connectivity index (χ3v) is 6.92. The molecule has 4 aromatic rings. The van der Waals surface area contributed by atoms with Gasteiger partial charge in [0.05, 0.1) is 17.5 Å². The number of nitrogens with zero attached hydrogens (tertiary/aromatic N) is 3. The van der Waals surface area contributed by atoms with Crippen LogP contribution in [0.3, 0.4) is 0 Å². The molecule has 2 aromatic heterocycles. The number of allylic oxidation sites excluding steroid dienone is 1. The minimum Gasteiger partial charge on any atom is -0.508 e. The molecule has 0 bridgehead atoms. The molecule has 0 atom stereocenters. The highest BCUT2D eigenvalue weighted by molar-refractivity contribution is 5.86. The Bertz CT molecular complexity index is 1340. The summed E-state index contributed by atoms with van der Waals surface area (Å²) < 4.78 is 6.57. The summed E-state index contributed by atoms with van der Waals surface area (Å²) in [7, 11) is 0. The molecule has 0 aliphatic heterocycles. The molecule has 2 aromatic carbocycles. The van der Waals surface area contributed by atoms with Crippen molar-refractivity contribution in [2.24, 2.45) is 0 Å². The van der Waals surface area contributed by atoms with Crippen molar-refractivity contribution in [1.82, 2.24) is 20.2 Å². The summed E-state index contributed by atoms with van der Waals surface area (Å²) in [6.45, 7) is 0. The predicted molar refractivity (Wildman–Crippen MR) is 135 cm³/mol. The fourth-order valence-electron chi connectivity index (χ4n) is 5.07. The van der Waals surface area contributed by atoms with E-state index < -0.39 is 0 Å². The number of hydrogen-bond acceptors (Lipinski definition) is 5. The standard InChI is InChI=1S/C29H28N4O2/c34-23-12-10-21(11-13-23)25-14-15-26-28(25)29(35-24-4-2-1-3-5-24)33-27(32-26)16-19-6-8-20(9-7-19)22-17-30-31-18-22/h6-14,17-18,24,34H,1-5,15-16H2,(H,30,31). The van der Waals surface area contributed by atoms with Gasteiger partial charge in [0.25, 0.3) is 0 Å². The maximum atomic E-state index is 9.74. The fraction of sp³-hybridized carbons (Fsp3) is 0.276. The van der Waals surface area contributed by atoms with Crippen LogP contribution in [0.4, 0.5) is 0 Å². The van der Waals surface area contributed by atoms with Gasteiger partial charge in [-0.15, -0.1) is 0 Å². The monoisotopic (exact) mass is 464 g/mol. The first-order valence-corrected chi connectivity index (χ1v) is 12.4. The summed E-state index contributed by atoms with van der Waals surface area (Å²) in [4.78, 5) is 9.92. The number of phenols is 1. The van der Waals surface area contributed by atoms with E-state index in [-0.39, 0.29) is 11.9 Å². The Morgan fingerprint density at radius 1 is 0.886 bits per heavy atom. The molecule has 0 spiro atoms. The number of rotatable bonds is 6. The van der Waals surface area contributed by atoms with E-state index in [1.54, 1.807) is 12.1 Å². The molecule has 1 saturated carbocycles. The number of hydrogen-bond donors (Lipinski definition) is 2. The molecule has 2 aliphatic rings. The lowest BCUT2D eigenvalue weighted by Gasteiger charge is -2.24. The first-order chi connectivity index (χ1) is 17.2. The van der Waals surface area contributed by atoms with Crippen molar-refractivity contribution in [3.8, 4) is 22.8 Å². The molecular formula is C29H28N4O2. The topological polar surface area (TPSA) is 83.9 Å². The molecule has 2 aliphatic carbocycles. The molecule has 6 rings (SSSR count). The molecule has 35 heavy (non-hydrogen) atoms. The summed E-state index contributed by atoms with van der Waals surface area (Å²) in [5, 5.41) is 16.6. The Balaban J connectivity index is 1.32. The van der Waals surface area contributed by atoms with E-state index in [0.717, 1.165) is 64.2 Å². The largest absolute Gasteiger partial charge is 0.508 e. The van der Waals surface area contributed by atoms with Gasteiger partial charge in [-0.25, -0.2) is 4.98 Å². The minimum absolute atomic E-state index is 0.200. The van der Waals surface area contributed by atoms with E-state index in [1.807, 2.05) is 24.5 Å². The molecule has 0 saturated heterocycles. The Morgan fingerprint density at radius 3 is 2.40 bits per heavy atom. The predicted octanol–water partition coefficient (Wildman–Crippen LogP) is 5.86. The summed E-state index contributed by atoms with van der Waals surface area (Å²) in [5.41, 5.74) is 7.50. The molecule has 0 radical (unpaired) electrons. The van der Waals surface area contributed by atoms with E-state index in [9.17, 15) is 5.11 Å². The number of ether oxygens (including phenoxy) is 1. The Hall–Kier alpha value is -3.93. The smallest absolute Gasteiger partial charge is 0.225 e. The average Bonchev–Trinajstić information content (AvgIpc) is 3.57. The maximum Gasteiger partial charge on any atom is 0.225 e. The number of aromatic nitrogens is 4. The number of H-pyrrole nitrogens is 1. The van der Waals surface area contributed by atoms with Crippen molar-refractivity contribution in [3.05, 3.63) is 95.2 Å². The van der Waals surface area contributed by atoms with Gasteiger partial charge in [0, 0.05) is 24.6 Å². The summed E-state index contributed by atoms with van der Waals surface area (Å²) in [6.07, 6.45) is 13.3. The van der Waals surface area contributed by atoms with Gasteiger partial charge in [-0.05, 0) is 60.1 Å². The lowest BCUT2D eigenvalue weighted by Crippen LogP contribution is -2.21. The Kier molecular flexibility index (Phi) is 5.78. The van der Waals surface area contributed by atoms with Crippen molar-refractivity contribution in [2.45, 2.75) is 51.0 Å². The number of phenolic OH excluding ortho intramolecular Hbond substituents is 1. The highest BCUT2D eigenvalue weighted by Crippen LogP contribution is 2.39. The summed E-state index contributed by atoms with van der Waals surface area (Å²) >= 11 is 0. The van der Waals surface area contributed by atoms with Gasteiger partial charge >= 0.3 is 0 Å². The third kappa shape index (κ3) is 4.56. The van der Waals surface area contributed by atoms with Gasteiger partial charge < -0.3 is 9.84 Å². The number of aromatic amines is 1. The minimum atomic E-state index is 0.200. The van der Waals surface area contributed by atoms with Crippen LogP contribution in [0.25, 0.3) is 16.7 Å². The van der Waals surface area contributed by atoms with Crippen LogP contribution in [0, 0.1) is 0 Å². The van der Waals surface area contributed by atoms with Crippen LogP contribution < -0.4 is 4.74 Å². The van der Waals surface area contributed by atoms with Gasteiger partial charge in [0.2, 0.25) is 5.88 Å². The summed E-state index contributed by atoms with van der Waals surface area (Å²) in [6, 6.07) is 15.8. The molecule has 176 valence electrons. The van der Waals surface area contributed by atoms with E-state index in [2.05, 4.69) is 40.5 Å². The van der Waals surface area contributed by atoms with Gasteiger partial charge in [-0.3, -0.25) is 5.10 Å². The van der Waals surface area contributed by atoms with E-state index >= 15 is 0 Å². The van der Waals surface area contributed by atoms with E-state index in [1.165, 1.54) is 19.3 Å². The Morgan fingerprint density at radius 2 is 1.66 bits per heavy atom. The zero-order valence-corrected chi connectivity index (χ0v) is 19.6. The molecule has 1 fully saturated rings. The fourth-order valence-corrected chi connectivity index (χ4v) is 5.07. The molecule has 6 nitrogen and oxygen atoms in total. The second-order valence-electron chi connectivity index (χ2n) is 9.37. The SMILES string of the molecule is Oc1ccc(C2=CCc3nc(Cc4ccc(-c5cn[nH]c5)cc4)nc(OC4CCCCC4)c32)cc1. The molecule has 0 unspecified atom stereocenters. The number of aromatic hydroxyl groups is 1. The highest BCUT2D eigenvalue weighted by atomic mass is 16.5. The van der Waals surface area contributed by atoms with Gasteiger partial charge in [0.15, 0.2) is 0 Å². The van der Waals surface area contributed by atoms with Gasteiger partial charge in [-0.1, -0.05) is 48.9 Å². The molecule has 2 heterocycles. The highest BCUT2D eigenvalue weighted by Gasteiger charge is 2.27. The number of benzene rings is 2. The zero-order chi connectivity index (χ0) is 23.6. The maximum absolute atomic E-state index is 9.74. The number of nitrogens with one attached hydrogen (secondary N) is 1. The number of fused-ring (bicyclic) bond motifs is 1. The van der Waals surface area contributed by atoms with Crippen LogP contribution in [0.2, 0.25) is 0 Å². The molecule has 0 amide bonds. The van der Waals surface area contributed by atoms with Crippen LogP contribution in [0.5, 0.6) is 11.6 Å². The quantitative estimate of drug-likeness (QED) is 0.373. The summed E-state index contributed by atoms with van der Waals surface area (Å²) in [5.74, 6) is 1.74. The van der Waals surface area contributed by atoms with Crippen LogP contribution in [0.1, 0.15) is 60.3 Å². The lowest BCUT2D eigenvalue weighted by molar-refractivity contribution is 0.147. The molecular weight excluding hydrogens is 436 g/mol. The van der Waals surface area contributed by atoms with Crippen molar-refractivity contribution in [2.75, 3.05) is 0 Å². The van der Waals surface area contributed by atoms with E-state index in [4.69, 9.17) is 14.7 Å². The van der Waals surface area contributed by atoms with Crippen LogP contribution in [-0.4, -0.2) is 31.4 Å². The third-order valence-electron chi connectivity index (χ3n) is 6.92. The zero-order valence-electron chi connectivity index (χ0n) is 19.6. The second-order valence-corrected chi connectivity index (χ2v) is 9.37. The Labute approximate surface area is 204 Å². The van der Waals surface area contributed by atoms with Crippen molar-refractivity contribution >= 4 is 5.57 Å². The normalized spacial score (nSPS) is 15.6. The van der Waals surface area contributed by atoms with Crippen LogP contribution in [0.15, 0.2) is 67.0 Å². The first kappa shape index (κ1) is 21.6.